The number of hydrogen-bond donors (Lipinski definition) is 11. The first-order chi connectivity index (χ1) is 29.5. The fourth-order valence-corrected chi connectivity index (χ4v) is 6.19. The van der Waals surface area contributed by atoms with Gasteiger partial charge in [-0.2, -0.15) is 0 Å². The maximum atomic E-state index is 14.0. The number of aromatic hydroxyl groups is 1. The summed E-state index contributed by atoms with van der Waals surface area (Å²) in [7, 11) is 0. The van der Waals surface area contributed by atoms with Gasteiger partial charge in [-0.25, -0.2) is 0 Å². The standard InChI is InChI=1S/C43H59N11O8/c1-26(2)20-34(41(61)52-32(14-9-19-48-43(46)47)40(60)53-33(38(45)58)22-27-10-5-3-6-11-27)54-42(62)35(23-28-12-7-4-8-13-28)51-37(57)25-49-36(56)24-50-39(59)31(44)21-29-15-17-30(55)18-16-29/h3-8,10-13,15-18,26,31-35,55H,9,14,19-25,44H2,1-2H3,(H2,45,58)(H,49,56)(H,50,59)(H,51,57)(H,52,61)(H,53,60)(H,54,62)(H4,46,47,48). The highest BCUT2D eigenvalue weighted by Gasteiger charge is 2.32. The van der Waals surface area contributed by atoms with Crippen molar-refractivity contribution in [3.05, 3.63) is 102 Å². The van der Waals surface area contributed by atoms with Gasteiger partial charge in [0.1, 0.15) is 29.9 Å². The highest BCUT2D eigenvalue weighted by Crippen LogP contribution is 2.12. The summed E-state index contributed by atoms with van der Waals surface area (Å²) in [5.41, 5.74) is 24.7. The minimum absolute atomic E-state index is 0.0170. The number of carbonyl (C=O) groups excluding carboxylic acids is 7. The number of hydrogen-bond acceptors (Lipinski definition) is 10. The van der Waals surface area contributed by atoms with Crippen LogP contribution in [0.25, 0.3) is 0 Å². The molecule has 19 heteroatoms. The van der Waals surface area contributed by atoms with Crippen molar-refractivity contribution in [2.24, 2.45) is 33.8 Å². The number of aliphatic imine (C=N–C) groups is 1. The third-order valence-electron chi connectivity index (χ3n) is 9.39. The Morgan fingerprint density at radius 2 is 1.08 bits per heavy atom. The zero-order chi connectivity index (χ0) is 45.6. The van der Waals surface area contributed by atoms with E-state index in [0.29, 0.717) is 11.1 Å². The third-order valence-corrected chi connectivity index (χ3v) is 9.39. The maximum absolute atomic E-state index is 14.0. The molecule has 0 fully saturated rings. The van der Waals surface area contributed by atoms with E-state index >= 15 is 0 Å². The molecular formula is C43H59N11O8. The molecule has 0 aliphatic heterocycles. The molecule has 0 spiro atoms. The Bertz CT molecular complexity index is 1980. The number of guanidine groups is 1. The van der Waals surface area contributed by atoms with Crippen LogP contribution in [0.15, 0.2) is 89.9 Å². The van der Waals surface area contributed by atoms with Crippen LogP contribution in [0.3, 0.4) is 0 Å². The van der Waals surface area contributed by atoms with Gasteiger partial charge in [-0.3, -0.25) is 38.6 Å². The average Bonchev–Trinajstić information content (AvgIpc) is 3.23. The molecule has 3 aromatic carbocycles. The summed E-state index contributed by atoms with van der Waals surface area (Å²) in [6.45, 7) is 2.80. The molecule has 5 unspecified atom stereocenters. The van der Waals surface area contributed by atoms with Crippen molar-refractivity contribution in [1.29, 1.82) is 0 Å². The van der Waals surface area contributed by atoms with Gasteiger partial charge in [0.05, 0.1) is 19.1 Å². The smallest absolute Gasteiger partial charge is 0.243 e. The summed E-state index contributed by atoms with van der Waals surface area (Å²) in [5, 5.41) is 25.0. The molecule has 19 nitrogen and oxygen atoms in total. The molecular weight excluding hydrogens is 799 g/mol. The Balaban J connectivity index is 1.70. The van der Waals surface area contributed by atoms with Gasteiger partial charge in [-0.05, 0) is 60.4 Å². The van der Waals surface area contributed by atoms with Crippen LogP contribution in [0.1, 0.15) is 49.8 Å². The van der Waals surface area contributed by atoms with Crippen molar-refractivity contribution >= 4 is 47.3 Å². The first-order valence-corrected chi connectivity index (χ1v) is 20.2. The van der Waals surface area contributed by atoms with E-state index in [4.69, 9.17) is 22.9 Å². The van der Waals surface area contributed by atoms with Crippen molar-refractivity contribution in [2.45, 2.75) is 82.6 Å². The average molecular weight is 858 g/mol. The summed E-state index contributed by atoms with van der Waals surface area (Å²) in [6.07, 6.45) is 0.745. The molecule has 0 aliphatic carbocycles. The lowest BCUT2D eigenvalue weighted by Gasteiger charge is -2.27. The maximum Gasteiger partial charge on any atom is 0.243 e. The molecule has 3 aromatic rings. The number of rotatable bonds is 25. The summed E-state index contributed by atoms with van der Waals surface area (Å²) < 4.78 is 0. The number of amides is 7. The first-order valence-electron chi connectivity index (χ1n) is 20.2. The van der Waals surface area contributed by atoms with Gasteiger partial charge in [-0.15, -0.1) is 0 Å². The number of benzene rings is 3. The minimum atomic E-state index is -1.21. The third kappa shape index (κ3) is 18.5. The highest BCUT2D eigenvalue weighted by atomic mass is 16.3. The second-order valence-corrected chi connectivity index (χ2v) is 15.1. The molecule has 0 radical (unpaired) electrons. The summed E-state index contributed by atoms with van der Waals surface area (Å²) in [6, 6.07) is 18.2. The van der Waals surface area contributed by atoms with Crippen LogP contribution < -0.4 is 54.8 Å². The first kappa shape index (κ1) is 49.3. The van der Waals surface area contributed by atoms with Crippen molar-refractivity contribution in [2.75, 3.05) is 19.6 Å². The Hall–Kier alpha value is -7.02. The molecule has 0 saturated carbocycles. The van der Waals surface area contributed by atoms with Crippen LogP contribution in [0.4, 0.5) is 0 Å². The quantitative estimate of drug-likeness (QED) is 0.0265. The second kappa shape index (κ2) is 25.6. The minimum Gasteiger partial charge on any atom is -0.508 e. The van der Waals surface area contributed by atoms with Gasteiger partial charge >= 0.3 is 0 Å². The lowest BCUT2D eigenvalue weighted by molar-refractivity contribution is -0.134. The SMILES string of the molecule is CC(C)CC(NC(=O)C(Cc1ccccc1)NC(=O)CNC(=O)CNC(=O)C(N)Cc1ccc(O)cc1)C(=O)NC(CCCN=C(N)N)C(=O)NC(Cc1ccccc1)C(N)=O. The molecule has 0 bridgehead atoms. The van der Waals surface area contributed by atoms with E-state index in [-0.39, 0.29) is 62.7 Å². The van der Waals surface area contributed by atoms with Gasteiger partial charge < -0.3 is 59.9 Å². The van der Waals surface area contributed by atoms with E-state index in [0.717, 1.165) is 5.56 Å². The summed E-state index contributed by atoms with van der Waals surface area (Å²) in [4.78, 5) is 96.2. The van der Waals surface area contributed by atoms with E-state index in [9.17, 15) is 38.7 Å². The highest BCUT2D eigenvalue weighted by molar-refractivity contribution is 5.96. The normalized spacial score (nSPS) is 13.2. The topological polar surface area (TPSA) is 328 Å². The van der Waals surface area contributed by atoms with E-state index in [1.165, 1.54) is 12.1 Å². The predicted molar refractivity (Wildman–Crippen MR) is 232 cm³/mol. The Labute approximate surface area is 360 Å². The molecule has 7 amide bonds. The van der Waals surface area contributed by atoms with E-state index in [1.807, 2.05) is 13.8 Å². The monoisotopic (exact) mass is 857 g/mol. The lowest BCUT2D eigenvalue weighted by Crippen LogP contribution is -2.59. The largest absolute Gasteiger partial charge is 0.508 e. The van der Waals surface area contributed by atoms with Crippen molar-refractivity contribution in [3.63, 3.8) is 0 Å². The number of phenolic OH excluding ortho intramolecular Hbond substituents is 1. The van der Waals surface area contributed by atoms with E-state index < -0.39 is 84.6 Å². The number of nitrogens with two attached hydrogens (primary N) is 4. The van der Waals surface area contributed by atoms with Crippen LogP contribution in [0, 0.1) is 5.92 Å². The van der Waals surface area contributed by atoms with Crippen molar-refractivity contribution < 1.29 is 38.7 Å². The Morgan fingerprint density at radius 3 is 1.65 bits per heavy atom. The second-order valence-electron chi connectivity index (χ2n) is 15.1. The molecule has 15 N–H and O–H groups in total. The molecule has 5 atom stereocenters. The fraction of sp³-hybridized carbons (Fsp3) is 0.395. The Morgan fingerprint density at radius 1 is 0.581 bits per heavy atom. The van der Waals surface area contributed by atoms with Gasteiger partial charge in [0.25, 0.3) is 0 Å². The predicted octanol–water partition coefficient (Wildman–Crippen LogP) is -1.50. The van der Waals surface area contributed by atoms with Crippen LogP contribution in [0.2, 0.25) is 0 Å². The molecule has 334 valence electrons. The van der Waals surface area contributed by atoms with Crippen LogP contribution in [-0.4, -0.2) is 102 Å². The molecule has 62 heavy (non-hydrogen) atoms. The van der Waals surface area contributed by atoms with Crippen molar-refractivity contribution in [3.8, 4) is 5.75 Å². The number of carbonyl (C=O) groups is 7. The summed E-state index contributed by atoms with van der Waals surface area (Å²) >= 11 is 0. The number of primary amides is 1. The zero-order valence-electron chi connectivity index (χ0n) is 35.0. The van der Waals surface area contributed by atoms with Crippen LogP contribution in [0.5, 0.6) is 5.75 Å². The van der Waals surface area contributed by atoms with Gasteiger partial charge in [-0.1, -0.05) is 86.6 Å². The van der Waals surface area contributed by atoms with Crippen LogP contribution >= 0.6 is 0 Å². The lowest BCUT2D eigenvalue weighted by atomic mass is 10.00. The number of nitrogens with one attached hydrogen (secondary N) is 6. The molecule has 3 rings (SSSR count). The molecule has 0 aromatic heterocycles. The van der Waals surface area contributed by atoms with Crippen molar-refractivity contribution in [1.82, 2.24) is 31.9 Å². The van der Waals surface area contributed by atoms with E-state index in [2.05, 4.69) is 36.9 Å². The zero-order valence-corrected chi connectivity index (χ0v) is 35.0. The Kier molecular flexibility index (Phi) is 20.3. The summed E-state index contributed by atoms with van der Waals surface area (Å²) in [5.74, 6) is -5.12. The number of nitrogens with zero attached hydrogens (tertiary/aromatic N) is 1. The molecule has 0 heterocycles. The van der Waals surface area contributed by atoms with E-state index in [1.54, 1.807) is 72.8 Å². The number of phenols is 1. The van der Waals surface area contributed by atoms with Gasteiger partial charge in [0, 0.05) is 19.4 Å². The molecule has 0 aliphatic rings. The van der Waals surface area contributed by atoms with Gasteiger partial charge in [0.15, 0.2) is 5.96 Å². The van der Waals surface area contributed by atoms with Crippen LogP contribution in [-0.2, 0) is 52.8 Å². The van der Waals surface area contributed by atoms with Gasteiger partial charge in [0.2, 0.25) is 41.4 Å². The molecule has 0 saturated heterocycles. The fourth-order valence-electron chi connectivity index (χ4n) is 6.19.